The van der Waals surface area contributed by atoms with Crippen molar-refractivity contribution < 1.29 is 14.5 Å². The second kappa shape index (κ2) is 10.2. The Labute approximate surface area is 206 Å². The highest BCUT2D eigenvalue weighted by Gasteiger charge is 2.35. The van der Waals surface area contributed by atoms with Crippen LogP contribution in [0.1, 0.15) is 37.4 Å². The molecular weight excluding hydrogens is 468 g/mol. The molecule has 1 amide bonds. The third kappa shape index (κ3) is 4.99. The van der Waals surface area contributed by atoms with Crippen molar-refractivity contribution in [1.29, 1.82) is 0 Å². The average molecular weight is 495 g/mol. The van der Waals surface area contributed by atoms with E-state index in [-0.39, 0.29) is 17.3 Å². The fraction of sp³-hybridized carbons (Fsp3) is 0.292. The number of amides is 1. The first kappa shape index (κ1) is 24.3. The van der Waals surface area contributed by atoms with Crippen LogP contribution in [0.3, 0.4) is 0 Å². The van der Waals surface area contributed by atoms with E-state index < -0.39 is 11.0 Å². The summed E-state index contributed by atoms with van der Waals surface area (Å²) in [5.41, 5.74) is 2.96. The Morgan fingerprint density at radius 2 is 2.09 bits per heavy atom. The molecule has 2 N–H and O–H groups in total. The number of nitro benzene ring substituents is 1. The molecule has 3 aromatic rings. The highest BCUT2D eigenvalue weighted by Crippen LogP contribution is 2.39. The zero-order chi connectivity index (χ0) is 25.1. The number of aryl methyl sites for hydroxylation is 1. The molecule has 0 aliphatic carbocycles. The Kier molecular flexibility index (Phi) is 7.06. The maximum Gasteiger partial charge on any atom is 0.311 e. The van der Waals surface area contributed by atoms with E-state index in [1.165, 1.54) is 31.0 Å². The van der Waals surface area contributed by atoms with Crippen LogP contribution in [-0.2, 0) is 4.79 Å². The Morgan fingerprint density at radius 1 is 1.29 bits per heavy atom. The molecule has 1 aliphatic heterocycles. The van der Waals surface area contributed by atoms with Gasteiger partial charge in [0.2, 0.25) is 11.1 Å². The van der Waals surface area contributed by atoms with Crippen LogP contribution in [0.25, 0.3) is 0 Å². The number of rotatable bonds is 8. The Balaban J connectivity index is 1.82. The summed E-state index contributed by atoms with van der Waals surface area (Å²) in [6.45, 7) is 5.80. The summed E-state index contributed by atoms with van der Waals surface area (Å²) in [4.78, 5) is 29.4. The molecule has 35 heavy (non-hydrogen) atoms. The quantitative estimate of drug-likeness (QED) is 0.257. The van der Waals surface area contributed by atoms with Gasteiger partial charge in [0.1, 0.15) is 6.04 Å². The van der Waals surface area contributed by atoms with Crippen LogP contribution in [0.4, 0.5) is 17.3 Å². The lowest BCUT2D eigenvalue weighted by Crippen LogP contribution is -2.31. The molecule has 10 nitrogen and oxygen atoms in total. The number of nitrogens with zero attached hydrogens (tertiary/aromatic N) is 4. The summed E-state index contributed by atoms with van der Waals surface area (Å²) in [6, 6.07) is 11.4. The number of ether oxygens (including phenoxy) is 1. The smallest absolute Gasteiger partial charge is 0.311 e. The highest BCUT2D eigenvalue weighted by molar-refractivity contribution is 7.99. The van der Waals surface area contributed by atoms with Crippen LogP contribution in [-0.4, -0.2) is 38.5 Å². The van der Waals surface area contributed by atoms with Gasteiger partial charge in [0.05, 0.1) is 17.6 Å². The summed E-state index contributed by atoms with van der Waals surface area (Å²) in [7, 11) is 1.38. The number of aromatic nitrogens is 3. The molecule has 1 unspecified atom stereocenters. The number of benzene rings is 2. The van der Waals surface area contributed by atoms with Crippen LogP contribution in [0.5, 0.6) is 5.75 Å². The number of hydrogen-bond donors (Lipinski definition) is 2. The predicted molar refractivity (Wildman–Crippen MR) is 135 cm³/mol. The van der Waals surface area contributed by atoms with Crippen molar-refractivity contribution in [2.24, 2.45) is 0 Å². The van der Waals surface area contributed by atoms with Gasteiger partial charge in [0, 0.05) is 23.2 Å². The van der Waals surface area contributed by atoms with E-state index >= 15 is 0 Å². The van der Waals surface area contributed by atoms with Crippen molar-refractivity contribution in [3.8, 4) is 5.75 Å². The van der Waals surface area contributed by atoms with Gasteiger partial charge in [-0.05, 0) is 49.6 Å². The molecule has 1 atom stereocenters. The van der Waals surface area contributed by atoms with E-state index in [4.69, 9.17) is 4.74 Å². The van der Waals surface area contributed by atoms with Crippen molar-refractivity contribution in [1.82, 2.24) is 14.8 Å². The molecular formula is C24H26N6O4S. The molecule has 1 aromatic heterocycles. The van der Waals surface area contributed by atoms with Crippen molar-refractivity contribution in [2.45, 2.75) is 38.4 Å². The first-order valence-electron chi connectivity index (χ1n) is 11.1. The fourth-order valence-corrected chi connectivity index (χ4v) is 4.61. The minimum atomic E-state index is -0.732. The van der Waals surface area contributed by atoms with E-state index in [0.717, 1.165) is 17.7 Å². The number of hydrogen-bond acceptors (Lipinski definition) is 8. The Morgan fingerprint density at radius 3 is 2.77 bits per heavy atom. The van der Waals surface area contributed by atoms with E-state index in [1.807, 2.05) is 31.2 Å². The molecule has 2 aromatic carbocycles. The van der Waals surface area contributed by atoms with Crippen LogP contribution in [0, 0.1) is 17.0 Å². The van der Waals surface area contributed by atoms with Gasteiger partial charge in [-0.1, -0.05) is 36.9 Å². The number of allylic oxidation sites excluding steroid dienone is 1. The van der Waals surface area contributed by atoms with E-state index in [1.54, 1.807) is 17.7 Å². The Hall–Kier alpha value is -3.86. The fourth-order valence-electron chi connectivity index (χ4n) is 3.93. The van der Waals surface area contributed by atoms with Crippen LogP contribution < -0.4 is 15.4 Å². The van der Waals surface area contributed by atoms with Gasteiger partial charge in [-0.15, -0.1) is 5.10 Å². The highest BCUT2D eigenvalue weighted by atomic mass is 32.2. The van der Waals surface area contributed by atoms with Crippen LogP contribution >= 0.6 is 11.8 Å². The molecule has 4 rings (SSSR count). The van der Waals surface area contributed by atoms with Crippen LogP contribution in [0.2, 0.25) is 0 Å². The zero-order valence-electron chi connectivity index (χ0n) is 19.9. The van der Waals surface area contributed by atoms with Gasteiger partial charge in [-0.25, -0.2) is 4.68 Å². The molecule has 2 heterocycles. The van der Waals surface area contributed by atoms with E-state index in [0.29, 0.717) is 33.6 Å². The predicted octanol–water partition coefficient (Wildman–Crippen LogP) is 4.93. The second-order valence-electron chi connectivity index (χ2n) is 8.09. The Bertz CT molecular complexity index is 1320. The molecule has 11 heteroatoms. The standard InChI is InChI=1S/C24H26N6O4S/c1-5-11-35-24-27-23-25-15(3)20(22(31)26-17-8-6-7-14(2)12-17)21(29(23)28-24)16-9-10-19(34-4)18(13-16)30(32)33/h6-10,12-13,21H,5,11H2,1-4H3,(H,26,31)(H,25,27,28). The second-order valence-corrected chi connectivity index (χ2v) is 9.15. The molecule has 1 aliphatic rings. The average Bonchev–Trinajstić information content (AvgIpc) is 3.23. The van der Waals surface area contributed by atoms with Gasteiger partial charge in [0.15, 0.2) is 5.75 Å². The molecule has 182 valence electrons. The zero-order valence-corrected chi connectivity index (χ0v) is 20.7. The van der Waals surface area contributed by atoms with Gasteiger partial charge in [-0.2, -0.15) is 4.98 Å². The third-order valence-electron chi connectivity index (χ3n) is 5.50. The summed E-state index contributed by atoms with van der Waals surface area (Å²) in [6.07, 6.45) is 0.956. The van der Waals surface area contributed by atoms with Crippen molar-refractivity contribution in [3.63, 3.8) is 0 Å². The summed E-state index contributed by atoms with van der Waals surface area (Å²) in [5.74, 6) is 1.11. The van der Waals surface area contributed by atoms with Gasteiger partial charge < -0.3 is 15.4 Å². The minimum Gasteiger partial charge on any atom is -0.490 e. The lowest BCUT2D eigenvalue weighted by Gasteiger charge is -2.28. The van der Waals surface area contributed by atoms with Crippen LogP contribution in [0.15, 0.2) is 58.9 Å². The number of nitrogens with one attached hydrogen (secondary N) is 2. The molecule has 0 radical (unpaired) electrons. The van der Waals surface area contributed by atoms with Gasteiger partial charge >= 0.3 is 5.69 Å². The lowest BCUT2D eigenvalue weighted by atomic mass is 9.94. The summed E-state index contributed by atoms with van der Waals surface area (Å²) in [5, 5.41) is 23.1. The largest absolute Gasteiger partial charge is 0.490 e. The van der Waals surface area contributed by atoms with E-state index in [9.17, 15) is 14.9 Å². The first-order chi connectivity index (χ1) is 16.8. The molecule has 0 saturated carbocycles. The monoisotopic (exact) mass is 494 g/mol. The number of fused-ring (bicyclic) bond motifs is 1. The maximum atomic E-state index is 13.6. The van der Waals surface area contributed by atoms with Gasteiger partial charge in [-0.3, -0.25) is 14.9 Å². The SMILES string of the molecule is CCCSc1nc2n(n1)C(c1ccc(OC)c([N+](=O)[O-])c1)C(C(=O)Nc1cccc(C)c1)=C(C)N2. The normalized spacial score (nSPS) is 14.8. The number of nitro groups is 1. The molecule has 0 fully saturated rings. The number of anilines is 2. The van der Waals surface area contributed by atoms with Crippen molar-refractivity contribution in [3.05, 3.63) is 75.0 Å². The minimum absolute atomic E-state index is 0.136. The summed E-state index contributed by atoms with van der Waals surface area (Å²) < 4.78 is 6.78. The maximum absolute atomic E-state index is 13.6. The third-order valence-corrected chi connectivity index (χ3v) is 6.55. The first-order valence-corrected chi connectivity index (χ1v) is 12.1. The van der Waals surface area contributed by atoms with E-state index in [2.05, 4.69) is 27.6 Å². The molecule has 0 saturated heterocycles. The summed E-state index contributed by atoms with van der Waals surface area (Å²) >= 11 is 1.51. The molecule has 0 spiro atoms. The topological polar surface area (TPSA) is 124 Å². The number of methoxy groups -OCH3 is 1. The van der Waals surface area contributed by atoms with Crippen molar-refractivity contribution in [2.75, 3.05) is 23.5 Å². The lowest BCUT2D eigenvalue weighted by molar-refractivity contribution is -0.385. The number of carbonyl (C=O) groups excluding carboxylic acids is 1. The number of thioether (sulfide) groups is 1. The number of carbonyl (C=O) groups is 1. The van der Waals surface area contributed by atoms with Gasteiger partial charge in [0.25, 0.3) is 5.91 Å². The van der Waals surface area contributed by atoms with Crippen molar-refractivity contribution >= 4 is 35.0 Å². The molecule has 0 bridgehead atoms.